The first kappa shape index (κ1) is 15.2. The van der Waals surface area contributed by atoms with E-state index in [1.807, 2.05) is 35.8 Å². The predicted octanol–water partition coefficient (Wildman–Crippen LogP) is 4.03. The van der Waals surface area contributed by atoms with Gasteiger partial charge in [-0.25, -0.2) is 0 Å². The standard InChI is InChI=1S/C18H22N2OS/c1-13-5-3-4-6-17(13)22-15-8-11-20(12-9-15)18(21)16-7-10-19-14(16)2/h3-7,10,15,19H,8-9,11-12H2,1-2H3. The highest BCUT2D eigenvalue weighted by atomic mass is 32.2. The first-order chi connectivity index (χ1) is 10.6. The maximum atomic E-state index is 12.5. The smallest absolute Gasteiger partial charge is 0.255 e. The van der Waals surface area contributed by atoms with E-state index in [-0.39, 0.29) is 5.91 Å². The number of nitrogens with zero attached hydrogens (tertiary/aromatic N) is 1. The number of hydrogen-bond acceptors (Lipinski definition) is 2. The Morgan fingerprint density at radius 1 is 1.18 bits per heavy atom. The van der Waals surface area contributed by atoms with E-state index >= 15 is 0 Å². The Balaban J connectivity index is 1.58. The molecular formula is C18H22N2OS. The summed E-state index contributed by atoms with van der Waals surface area (Å²) in [7, 11) is 0. The van der Waals surface area contributed by atoms with Crippen molar-refractivity contribution in [1.29, 1.82) is 0 Å². The largest absolute Gasteiger partial charge is 0.365 e. The third kappa shape index (κ3) is 3.22. The number of aromatic amines is 1. The van der Waals surface area contributed by atoms with Gasteiger partial charge < -0.3 is 9.88 Å². The number of likely N-dealkylation sites (tertiary alicyclic amines) is 1. The van der Waals surface area contributed by atoms with Crippen LogP contribution in [0, 0.1) is 13.8 Å². The number of benzene rings is 1. The second-order valence-corrected chi connectivity index (χ2v) is 7.23. The van der Waals surface area contributed by atoms with E-state index < -0.39 is 0 Å². The van der Waals surface area contributed by atoms with Gasteiger partial charge in [-0.3, -0.25) is 4.79 Å². The van der Waals surface area contributed by atoms with Crippen LogP contribution in [0.5, 0.6) is 0 Å². The molecule has 0 radical (unpaired) electrons. The monoisotopic (exact) mass is 314 g/mol. The van der Waals surface area contributed by atoms with E-state index in [1.54, 1.807) is 0 Å². The third-order valence-corrected chi connectivity index (χ3v) is 5.82. The molecule has 3 rings (SSSR count). The maximum Gasteiger partial charge on any atom is 0.255 e. The van der Waals surface area contributed by atoms with Crippen molar-refractivity contribution in [3.63, 3.8) is 0 Å². The zero-order chi connectivity index (χ0) is 15.5. The van der Waals surface area contributed by atoms with E-state index in [1.165, 1.54) is 10.5 Å². The molecule has 1 saturated heterocycles. The molecule has 1 aromatic carbocycles. The number of rotatable bonds is 3. The Morgan fingerprint density at radius 2 is 1.91 bits per heavy atom. The lowest BCUT2D eigenvalue weighted by molar-refractivity contribution is 0.0727. The molecule has 0 saturated carbocycles. The number of thioether (sulfide) groups is 1. The number of aryl methyl sites for hydroxylation is 2. The summed E-state index contributed by atoms with van der Waals surface area (Å²) < 4.78 is 0. The highest BCUT2D eigenvalue weighted by Gasteiger charge is 2.25. The molecule has 4 heteroatoms. The summed E-state index contributed by atoms with van der Waals surface area (Å²) in [5.74, 6) is 0.165. The van der Waals surface area contributed by atoms with Crippen molar-refractivity contribution < 1.29 is 4.79 Å². The van der Waals surface area contributed by atoms with Crippen LogP contribution in [0.4, 0.5) is 0 Å². The van der Waals surface area contributed by atoms with Gasteiger partial charge in [0, 0.05) is 35.1 Å². The van der Waals surface area contributed by atoms with Crippen LogP contribution in [0.3, 0.4) is 0 Å². The summed E-state index contributed by atoms with van der Waals surface area (Å²) in [4.78, 5) is 18.9. The van der Waals surface area contributed by atoms with E-state index in [0.29, 0.717) is 5.25 Å². The van der Waals surface area contributed by atoms with Gasteiger partial charge in [-0.2, -0.15) is 0 Å². The van der Waals surface area contributed by atoms with E-state index in [2.05, 4.69) is 36.2 Å². The third-order valence-electron chi connectivity index (χ3n) is 4.30. The summed E-state index contributed by atoms with van der Waals surface area (Å²) in [6.45, 7) is 5.82. The second-order valence-electron chi connectivity index (χ2n) is 5.89. The average Bonchev–Trinajstić information content (AvgIpc) is 2.96. The van der Waals surface area contributed by atoms with Crippen LogP contribution in [-0.2, 0) is 0 Å². The molecule has 1 N–H and O–H groups in total. The molecule has 0 atom stereocenters. The van der Waals surface area contributed by atoms with Gasteiger partial charge in [-0.1, -0.05) is 18.2 Å². The number of H-pyrrole nitrogens is 1. The van der Waals surface area contributed by atoms with Gasteiger partial charge in [-0.05, 0) is 44.4 Å². The highest BCUT2D eigenvalue weighted by molar-refractivity contribution is 8.00. The van der Waals surface area contributed by atoms with Crippen LogP contribution in [-0.4, -0.2) is 34.1 Å². The molecule has 1 aromatic heterocycles. The number of piperidine rings is 1. The molecule has 3 nitrogen and oxygen atoms in total. The van der Waals surface area contributed by atoms with Crippen molar-refractivity contribution >= 4 is 17.7 Å². The van der Waals surface area contributed by atoms with Crippen LogP contribution in [0.15, 0.2) is 41.4 Å². The quantitative estimate of drug-likeness (QED) is 0.928. The molecular weight excluding hydrogens is 292 g/mol. The molecule has 0 aliphatic carbocycles. The van der Waals surface area contributed by atoms with E-state index in [0.717, 1.165) is 37.2 Å². The Bertz CT molecular complexity index is 657. The molecule has 116 valence electrons. The first-order valence-corrected chi connectivity index (χ1v) is 8.68. The van der Waals surface area contributed by atoms with Crippen molar-refractivity contribution in [2.24, 2.45) is 0 Å². The van der Waals surface area contributed by atoms with Gasteiger partial charge in [0.1, 0.15) is 0 Å². The van der Waals surface area contributed by atoms with Gasteiger partial charge in [-0.15, -0.1) is 11.8 Å². The predicted molar refractivity (Wildman–Crippen MR) is 91.5 cm³/mol. The molecule has 22 heavy (non-hydrogen) atoms. The first-order valence-electron chi connectivity index (χ1n) is 7.80. The van der Waals surface area contributed by atoms with Crippen molar-refractivity contribution in [2.75, 3.05) is 13.1 Å². The zero-order valence-corrected chi connectivity index (χ0v) is 14.0. The number of carbonyl (C=O) groups excluding carboxylic acids is 1. The maximum absolute atomic E-state index is 12.5. The number of aromatic nitrogens is 1. The van der Waals surface area contributed by atoms with E-state index in [9.17, 15) is 4.79 Å². The number of amides is 1. The minimum atomic E-state index is 0.165. The normalized spacial score (nSPS) is 16.0. The highest BCUT2D eigenvalue weighted by Crippen LogP contribution is 2.32. The minimum absolute atomic E-state index is 0.165. The second kappa shape index (κ2) is 6.61. The van der Waals surface area contributed by atoms with Crippen LogP contribution >= 0.6 is 11.8 Å². The van der Waals surface area contributed by atoms with Crippen molar-refractivity contribution in [1.82, 2.24) is 9.88 Å². The summed E-state index contributed by atoms with van der Waals surface area (Å²) in [5.41, 5.74) is 3.11. The Morgan fingerprint density at radius 3 is 2.55 bits per heavy atom. The van der Waals surface area contributed by atoms with Gasteiger partial charge in [0.15, 0.2) is 0 Å². The Labute approximate surface area is 136 Å². The molecule has 2 aromatic rings. The summed E-state index contributed by atoms with van der Waals surface area (Å²) in [5, 5.41) is 0.609. The van der Waals surface area contributed by atoms with E-state index in [4.69, 9.17) is 0 Å². The van der Waals surface area contributed by atoms with Gasteiger partial charge in [0.25, 0.3) is 5.91 Å². The molecule has 1 amide bonds. The molecule has 1 aliphatic rings. The number of nitrogens with one attached hydrogen (secondary N) is 1. The fourth-order valence-electron chi connectivity index (χ4n) is 2.90. The molecule has 0 unspecified atom stereocenters. The van der Waals surface area contributed by atoms with Crippen LogP contribution in [0.2, 0.25) is 0 Å². The lowest BCUT2D eigenvalue weighted by atomic mass is 10.1. The van der Waals surface area contributed by atoms with Gasteiger partial charge in [0.05, 0.1) is 5.56 Å². The zero-order valence-electron chi connectivity index (χ0n) is 13.1. The molecule has 0 spiro atoms. The Kier molecular flexibility index (Phi) is 4.57. The van der Waals surface area contributed by atoms with Crippen LogP contribution < -0.4 is 0 Å². The Hall–Kier alpha value is -1.68. The lowest BCUT2D eigenvalue weighted by Gasteiger charge is -2.32. The SMILES string of the molecule is Cc1ccccc1SC1CCN(C(=O)c2cc[nH]c2C)CC1. The van der Waals surface area contributed by atoms with Gasteiger partial charge in [0.2, 0.25) is 0 Å². The molecule has 0 bridgehead atoms. The summed E-state index contributed by atoms with van der Waals surface area (Å²) >= 11 is 1.96. The topological polar surface area (TPSA) is 36.1 Å². The molecule has 2 heterocycles. The minimum Gasteiger partial charge on any atom is -0.365 e. The van der Waals surface area contributed by atoms with Gasteiger partial charge >= 0.3 is 0 Å². The fraction of sp³-hybridized carbons (Fsp3) is 0.389. The molecule has 1 fully saturated rings. The number of carbonyl (C=O) groups is 1. The summed E-state index contributed by atoms with van der Waals surface area (Å²) in [6.07, 6.45) is 3.96. The van der Waals surface area contributed by atoms with Crippen LogP contribution in [0.25, 0.3) is 0 Å². The lowest BCUT2D eigenvalue weighted by Crippen LogP contribution is -2.39. The molecule has 1 aliphatic heterocycles. The van der Waals surface area contributed by atoms with Crippen molar-refractivity contribution in [3.05, 3.63) is 53.3 Å². The van der Waals surface area contributed by atoms with Crippen molar-refractivity contribution in [3.8, 4) is 0 Å². The number of hydrogen-bond donors (Lipinski definition) is 1. The average molecular weight is 314 g/mol. The van der Waals surface area contributed by atoms with Crippen molar-refractivity contribution in [2.45, 2.75) is 36.8 Å². The summed E-state index contributed by atoms with van der Waals surface area (Å²) in [6, 6.07) is 10.4. The fourth-order valence-corrected chi connectivity index (χ4v) is 4.12. The van der Waals surface area contributed by atoms with Crippen LogP contribution in [0.1, 0.15) is 34.5 Å².